The van der Waals surface area contributed by atoms with Crippen molar-refractivity contribution < 1.29 is 23.1 Å². The van der Waals surface area contributed by atoms with Gasteiger partial charge < -0.3 is 31.3 Å². The number of carboxylic acid groups (broad SMARTS) is 1. The van der Waals surface area contributed by atoms with Crippen LogP contribution in [0.25, 0.3) is 0 Å². The Bertz CT molecular complexity index is 1310. The average molecular weight is 564 g/mol. The van der Waals surface area contributed by atoms with Crippen LogP contribution in [0, 0.1) is 0 Å². The lowest BCUT2D eigenvalue weighted by Crippen LogP contribution is -2.53. The largest absolute Gasteiger partial charge is 0.481 e. The third-order valence-corrected chi connectivity index (χ3v) is 8.13. The lowest BCUT2D eigenvalue weighted by Gasteiger charge is -2.39. The Morgan fingerprint density at radius 3 is 2.42 bits per heavy atom. The topological polar surface area (TPSA) is 169 Å². The van der Waals surface area contributed by atoms with Crippen molar-refractivity contribution in [2.24, 2.45) is 4.99 Å². The summed E-state index contributed by atoms with van der Waals surface area (Å²) in [5.41, 5.74) is 7.20. The van der Waals surface area contributed by atoms with Gasteiger partial charge in [-0.1, -0.05) is 29.8 Å². The first-order valence-electron chi connectivity index (χ1n) is 12.1. The van der Waals surface area contributed by atoms with Crippen LogP contribution in [0.3, 0.4) is 0 Å². The molecule has 2 aromatic carbocycles. The van der Waals surface area contributed by atoms with E-state index in [0.29, 0.717) is 18.8 Å². The van der Waals surface area contributed by atoms with Crippen LogP contribution in [0.4, 0.5) is 11.4 Å². The highest BCUT2D eigenvalue weighted by Gasteiger charge is 2.27. The molecule has 1 atom stereocenters. The molecule has 204 valence electrons. The zero-order valence-corrected chi connectivity index (χ0v) is 22.1. The minimum Gasteiger partial charge on any atom is -0.481 e. The fourth-order valence-electron chi connectivity index (χ4n) is 4.31. The van der Waals surface area contributed by atoms with Crippen molar-refractivity contribution in [3.8, 4) is 0 Å². The van der Waals surface area contributed by atoms with Crippen molar-refractivity contribution in [3.63, 3.8) is 0 Å². The van der Waals surface area contributed by atoms with Crippen molar-refractivity contribution in [2.45, 2.75) is 23.9 Å². The monoisotopic (exact) mass is 563 g/mol. The summed E-state index contributed by atoms with van der Waals surface area (Å²) in [5.74, 6) is -1.16. The molecule has 2 aliphatic heterocycles. The number of piperazine rings is 1. The number of rotatable bonds is 8. The van der Waals surface area contributed by atoms with Gasteiger partial charge in [0.05, 0.1) is 33.3 Å². The Kier molecular flexibility index (Phi) is 8.59. The Labute approximate surface area is 225 Å². The molecule has 0 aromatic heterocycles. The molecule has 1 amide bonds. The number of sulfonamides is 1. The molecule has 1 saturated heterocycles. The molecule has 0 bridgehead atoms. The number of carbonyl (C=O) groups is 2. The van der Waals surface area contributed by atoms with Crippen LogP contribution in [0.2, 0.25) is 5.02 Å². The van der Waals surface area contributed by atoms with Gasteiger partial charge in [-0.2, -0.15) is 4.72 Å². The van der Waals surface area contributed by atoms with Crippen LogP contribution in [0.15, 0.2) is 52.4 Å². The second-order valence-electron chi connectivity index (χ2n) is 8.88. The summed E-state index contributed by atoms with van der Waals surface area (Å²) in [4.78, 5) is 33.1. The highest BCUT2D eigenvalue weighted by Crippen LogP contribution is 2.34. The van der Waals surface area contributed by atoms with E-state index in [1.54, 1.807) is 12.1 Å². The van der Waals surface area contributed by atoms with Gasteiger partial charge in [-0.3, -0.25) is 14.6 Å². The smallest absolute Gasteiger partial charge is 0.306 e. The van der Waals surface area contributed by atoms with E-state index in [1.807, 2.05) is 0 Å². The Morgan fingerprint density at radius 1 is 1.11 bits per heavy atom. The van der Waals surface area contributed by atoms with Crippen molar-refractivity contribution in [3.05, 3.63) is 53.1 Å². The molecule has 6 N–H and O–H groups in total. The number of nitrogens with two attached hydrogens (primary N) is 1. The highest BCUT2D eigenvalue weighted by molar-refractivity contribution is 7.89. The number of guanidine groups is 1. The van der Waals surface area contributed by atoms with Crippen molar-refractivity contribution in [2.75, 3.05) is 49.9 Å². The van der Waals surface area contributed by atoms with E-state index in [-0.39, 0.29) is 21.2 Å². The number of halogens is 1. The Balaban J connectivity index is 1.45. The Hall–Kier alpha value is -3.55. The highest BCUT2D eigenvalue weighted by atomic mass is 35.5. The van der Waals surface area contributed by atoms with Crippen molar-refractivity contribution in [1.29, 1.82) is 0 Å². The third-order valence-electron chi connectivity index (χ3n) is 6.24. The van der Waals surface area contributed by atoms with E-state index < -0.39 is 34.5 Å². The fraction of sp³-hybridized carbons (Fsp3) is 0.375. The summed E-state index contributed by atoms with van der Waals surface area (Å²) in [6, 6.07) is 10.6. The van der Waals surface area contributed by atoms with E-state index in [2.05, 4.69) is 30.1 Å². The minimum absolute atomic E-state index is 0.000688. The van der Waals surface area contributed by atoms with E-state index in [0.717, 1.165) is 38.6 Å². The molecule has 4 rings (SSSR count). The quantitative estimate of drug-likeness (QED) is 0.231. The van der Waals surface area contributed by atoms with Gasteiger partial charge in [0, 0.05) is 39.3 Å². The number of nitrogens with one attached hydrogen (secondary N) is 3. The molecule has 2 aliphatic rings. The molecule has 0 aliphatic carbocycles. The molecule has 1 fully saturated rings. The van der Waals surface area contributed by atoms with Gasteiger partial charge in [0.2, 0.25) is 10.0 Å². The molecule has 12 nitrogen and oxygen atoms in total. The number of nitrogens with zero attached hydrogens (tertiary/aromatic N) is 3. The van der Waals surface area contributed by atoms with E-state index >= 15 is 0 Å². The number of hydrogen-bond donors (Lipinski definition) is 5. The van der Waals surface area contributed by atoms with Crippen molar-refractivity contribution >= 4 is 50.8 Å². The molecule has 0 spiro atoms. The molecule has 2 heterocycles. The molecule has 38 heavy (non-hydrogen) atoms. The van der Waals surface area contributed by atoms with Gasteiger partial charge in [-0.25, -0.2) is 8.42 Å². The van der Waals surface area contributed by atoms with E-state index in [1.165, 1.54) is 30.3 Å². The molecular formula is C24H30ClN7O5S. The van der Waals surface area contributed by atoms with Gasteiger partial charge in [0.25, 0.3) is 5.91 Å². The zero-order chi connectivity index (χ0) is 27.3. The summed E-state index contributed by atoms with van der Waals surface area (Å²) < 4.78 is 27.6. The zero-order valence-electron chi connectivity index (χ0n) is 20.6. The van der Waals surface area contributed by atoms with Gasteiger partial charge >= 0.3 is 5.97 Å². The first-order valence-corrected chi connectivity index (χ1v) is 14.0. The molecule has 0 radical (unpaired) electrons. The normalized spacial score (nSPS) is 16.8. The van der Waals surface area contributed by atoms with Gasteiger partial charge in [0.15, 0.2) is 5.96 Å². The SMILES string of the molecule is Nc1c(N2CCN(C3=NCCCN3)CC2)ccc(C(=O)NC(CC(=O)O)NS(=O)(=O)c2ccccc2)c1Cl. The Morgan fingerprint density at radius 2 is 1.79 bits per heavy atom. The van der Waals surface area contributed by atoms with Crippen molar-refractivity contribution in [1.82, 2.24) is 20.3 Å². The second kappa shape index (κ2) is 11.9. The van der Waals surface area contributed by atoms with Crippen LogP contribution in [0.1, 0.15) is 23.2 Å². The number of anilines is 2. The maximum atomic E-state index is 13.0. The van der Waals surface area contributed by atoms with Gasteiger partial charge in [0.1, 0.15) is 6.17 Å². The lowest BCUT2D eigenvalue weighted by molar-refractivity contribution is -0.137. The summed E-state index contributed by atoms with van der Waals surface area (Å²) in [7, 11) is -4.09. The fourth-order valence-corrected chi connectivity index (χ4v) is 5.73. The number of carbonyl (C=O) groups excluding carboxylic acids is 1. The second-order valence-corrected chi connectivity index (χ2v) is 11.0. The number of benzene rings is 2. The third kappa shape index (κ3) is 6.47. The number of hydrogen-bond acceptors (Lipinski definition) is 9. The predicted octanol–water partition coefficient (Wildman–Crippen LogP) is 0.903. The van der Waals surface area contributed by atoms with E-state index in [4.69, 9.17) is 17.3 Å². The standard InChI is InChI=1S/C24H30ClN7O5S/c25-21-17(23(35)29-19(15-20(33)34)30-38(36,37)16-5-2-1-3-6-16)7-8-18(22(21)26)31-11-13-32(14-12-31)24-27-9-4-10-28-24/h1-3,5-8,19,30H,4,9-15,26H2,(H,27,28)(H,29,35)(H,33,34). The molecule has 14 heteroatoms. The van der Waals surface area contributed by atoms with E-state index in [9.17, 15) is 23.1 Å². The number of carboxylic acids is 1. The summed E-state index contributed by atoms with van der Waals surface area (Å²) >= 11 is 6.47. The van der Waals surface area contributed by atoms with Crippen LogP contribution in [0.5, 0.6) is 0 Å². The first-order chi connectivity index (χ1) is 18.2. The average Bonchev–Trinajstić information content (AvgIpc) is 2.90. The van der Waals surface area contributed by atoms with Crippen LogP contribution >= 0.6 is 11.6 Å². The van der Waals surface area contributed by atoms with Gasteiger partial charge in [-0.05, 0) is 30.7 Å². The molecular weight excluding hydrogens is 534 g/mol. The maximum Gasteiger partial charge on any atom is 0.306 e. The molecule has 1 unspecified atom stereocenters. The maximum absolute atomic E-state index is 13.0. The van der Waals surface area contributed by atoms with Crippen LogP contribution < -0.4 is 26.0 Å². The minimum atomic E-state index is -4.09. The number of nitrogen functional groups attached to an aromatic ring is 1. The van der Waals surface area contributed by atoms with Crippen LogP contribution in [-0.2, 0) is 14.8 Å². The number of amides is 1. The summed E-state index contributed by atoms with van der Waals surface area (Å²) in [6.07, 6.45) is -1.09. The number of aliphatic imine (C=N–C) groups is 1. The first kappa shape index (κ1) is 27.5. The summed E-state index contributed by atoms with van der Waals surface area (Å²) in [6.45, 7) is 4.55. The lowest BCUT2D eigenvalue weighted by atomic mass is 10.1. The predicted molar refractivity (Wildman–Crippen MR) is 145 cm³/mol. The van der Waals surface area contributed by atoms with Gasteiger partial charge in [-0.15, -0.1) is 0 Å². The molecule has 2 aromatic rings. The molecule has 0 saturated carbocycles. The summed E-state index contributed by atoms with van der Waals surface area (Å²) in [5, 5.41) is 15.0. The van der Waals surface area contributed by atoms with Crippen LogP contribution in [-0.4, -0.2) is 81.7 Å². The number of aliphatic carboxylic acids is 1.